The fraction of sp³-hybridized carbons (Fsp3) is 0.481. The zero-order valence-electron chi connectivity index (χ0n) is 23.1. The summed E-state index contributed by atoms with van der Waals surface area (Å²) in [7, 11) is 1.90. The molecule has 0 radical (unpaired) electrons. The van der Waals surface area contributed by atoms with E-state index in [1.165, 1.54) is 12.3 Å². The highest BCUT2D eigenvalue weighted by Crippen LogP contribution is 2.35. The fourth-order valence-electron chi connectivity index (χ4n) is 5.08. The number of nitrogens with zero attached hydrogens (tertiary/aromatic N) is 5. The van der Waals surface area contributed by atoms with Crippen molar-refractivity contribution in [1.82, 2.24) is 35.1 Å². The van der Waals surface area contributed by atoms with E-state index in [1.807, 2.05) is 32.7 Å². The Morgan fingerprint density at radius 1 is 1.24 bits per heavy atom. The monoisotopic (exact) mass is 576 g/mol. The Morgan fingerprint density at radius 3 is 2.76 bits per heavy atom. The highest BCUT2D eigenvalue weighted by Gasteiger charge is 2.32. The summed E-state index contributed by atoms with van der Waals surface area (Å²) in [5.41, 5.74) is 1.45. The van der Waals surface area contributed by atoms with Crippen molar-refractivity contribution in [3.63, 3.8) is 0 Å². The first-order valence-corrected chi connectivity index (χ1v) is 13.2. The van der Waals surface area contributed by atoms with Crippen LogP contribution in [-0.2, 0) is 18.5 Å². The number of piperidine rings is 1. The van der Waals surface area contributed by atoms with Crippen molar-refractivity contribution in [1.29, 1.82) is 0 Å². The predicted molar refractivity (Wildman–Crippen MR) is 144 cm³/mol. The van der Waals surface area contributed by atoms with Gasteiger partial charge in [-0.1, -0.05) is 32.0 Å². The molecule has 1 aromatic carbocycles. The average molecular weight is 577 g/mol. The first-order chi connectivity index (χ1) is 19.3. The number of alkyl halides is 4. The number of H-pyrrole nitrogens is 1. The van der Waals surface area contributed by atoms with E-state index in [0.717, 1.165) is 4.57 Å². The molecule has 0 unspecified atom stereocenters. The molecule has 5 rings (SSSR count). The van der Waals surface area contributed by atoms with E-state index in [4.69, 9.17) is 4.52 Å². The Kier molecular flexibility index (Phi) is 7.53. The molecule has 0 bridgehead atoms. The number of carbonyl (C=O) groups excluding carboxylic acids is 1. The van der Waals surface area contributed by atoms with Crippen LogP contribution in [0, 0.1) is 0 Å². The number of hydrogen-bond acceptors (Lipinski definition) is 7. The van der Waals surface area contributed by atoms with Crippen LogP contribution < -0.4 is 10.6 Å². The van der Waals surface area contributed by atoms with Gasteiger partial charge in [-0.2, -0.15) is 23.3 Å². The Bertz CT molecular complexity index is 1530. The van der Waals surface area contributed by atoms with E-state index in [-0.39, 0.29) is 34.9 Å². The molecule has 1 aliphatic rings. The van der Waals surface area contributed by atoms with Crippen molar-refractivity contribution in [2.75, 3.05) is 25.5 Å². The summed E-state index contributed by atoms with van der Waals surface area (Å²) in [4.78, 5) is 19.0. The first-order valence-electron chi connectivity index (χ1n) is 13.2. The Labute approximate surface area is 233 Å². The third-order valence-electron chi connectivity index (χ3n) is 7.05. The van der Waals surface area contributed by atoms with Gasteiger partial charge in [-0.3, -0.25) is 9.89 Å². The Balaban J connectivity index is 1.42. The van der Waals surface area contributed by atoms with Gasteiger partial charge in [0.2, 0.25) is 11.7 Å². The number of likely N-dealkylation sites (N-methyl/N-ethyl adjacent to an activating group) is 1. The third-order valence-corrected chi connectivity index (χ3v) is 7.05. The maximum atomic E-state index is 14.7. The SMILES string of the molecule is CN1CC[C@H](F)[C@H](Nc2cccc3c2cc(-c2noc(CNC(=O)c4c[nH]nc4C(C)(C)C)n2)n3CC(F)(F)F)C1. The van der Waals surface area contributed by atoms with Crippen molar-refractivity contribution in [3.8, 4) is 11.5 Å². The topological polar surface area (TPSA) is 117 Å². The number of anilines is 1. The molecule has 0 aliphatic carbocycles. The molecule has 4 heterocycles. The number of fused-ring (bicyclic) bond motifs is 1. The van der Waals surface area contributed by atoms with Crippen molar-refractivity contribution < 1.29 is 26.9 Å². The second kappa shape index (κ2) is 10.8. The largest absolute Gasteiger partial charge is 0.406 e. The molecule has 0 saturated carbocycles. The molecule has 3 aromatic heterocycles. The number of halogens is 4. The van der Waals surface area contributed by atoms with Crippen LogP contribution in [-0.4, -0.2) is 74.2 Å². The van der Waals surface area contributed by atoms with Crippen molar-refractivity contribution in [2.45, 2.75) is 64.1 Å². The summed E-state index contributed by atoms with van der Waals surface area (Å²) < 4.78 is 62.0. The summed E-state index contributed by atoms with van der Waals surface area (Å²) in [5.74, 6) is -0.466. The number of aromatic nitrogens is 5. The summed E-state index contributed by atoms with van der Waals surface area (Å²) in [5, 5.41) is 17.1. The normalized spacial score (nSPS) is 18.6. The highest BCUT2D eigenvalue weighted by atomic mass is 19.4. The van der Waals surface area contributed by atoms with Crippen molar-refractivity contribution >= 4 is 22.5 Å². The van der Waals surface area contributed by atoms with Gasteiger partial charge in [0.25, 0.3) is 5.91 Å². The fourth-order valence-corrected chi connectivity index (χ4v) is 5.08. The van der Waals surface area contributed by atoms with Crippen LogP contribution >= 0.6 is 0 Å². The van der Waals surface area contributed by atoms with Crippen LogP contribution in [0.15, 0.2) is 35.0 Å². The number of likely N-dealkylation sites (tertiary alicyclic amines) is 1. The number of hydrogen-bond donors (Lipinski definition) is 3. The molecule has 10 nitrogen and oxygen atoms in total. The van der Waals surface area contributed by atoms with Gasteiger partial charge >= 0.3 is 6.18 Å². The molecule has 3 N–H and O–H groups in total. The molecule has 220 valence electrons. The molecule has 41 heavy (non-hydrogen) atoms. The summed E-state index contributed by atoms with van der Waals surface area (Å²) in [6, 6.07) is 5.93. The minimum Gasteiger partial charge on any atom is -0.378 e. The van der Waals surface area contributed by atoms with Crippen molar-refractivity contribution in [3.05, 3.63) is 47.6 Å². The van der Waals surface area contributed by atoms with Gasteiger partial charge in [0, 0.05) is 35.8 Å². The standard InChI is InChI=1S/C27H32F4N8O2/c1-26(2,3)23-16(11-33-36-23)25(40)32-12-22-35-24(37-41-22)21-10-15-18(34-19-13-38(4)9-8-17(19)28)6-5-7-20(15)39(21)14-27(29,30)31/h5-7,10-11,17,19,34H,8-9,12-14H2,1-4H3,(H,32,40)(H,33,36)/t17-,19+/m0/s1. The van der Waals surface area contributed by atoms with Crippen molar-refractivity contribution in [2.24, 2.45) is 0 Å². The van der Waals surface area contributed by atoms with Crippen LogP contribution in [0.1, 0.15) is 49.1 Å². The van der Waals surface area contributed by atoms with Crippen LogP contribution in [0.5, 0.6) is 0 Å². The molecule has 0 spiro atoms. The number of rotatable bonds is 7. The zero-order valence-corrected chi connectivity index (χ0v) is 23.1. The van der Waals surface area contributed by atoms with E-state index in [2.05, 4.69) is 31.0 Å². The number of nitrogens with one attached hydrogen (secondary N) is 3. The number of benzene rings is 1. The lowest BCUT2D eigenvalue weighted by molar-refractivity contribution is -0.139. The molecule has 14 heteroatoms. The second-order valence-electron chi connectivity index (χ2n) is 11.4. The average Bonchev–Trinajstić information content (AvgIpc) is 3.63. The molecule has 1 fully saturated rings. The summed E-state index contributed by atoms with van der Waals surface area (Å²) in [6.45, 7) is 5.45. The first kappa shape index (κ1) is 28.6. The van der Waals surface area contributed by atoms with Gasteiger partial charge in [-0.05, 0) is 31.7 Å². The van der Waals surface area contributed by atoms with Gasteiger partial charge in [-0.15, -0.1) is 0 Å². The lowest BCUT2D eigenvalue weighted by Gasteiger charge is -2.33. The quantitative estimate of drug-likeness (QED) is 0.274. The third kappa shape index (κ3) is 6.21. The molecular weight excluding hydrogens is 544 g/mol. The second-order valence-corrected chi connectivity index (χ2v) is 11.4. The Morgan fingerprint density at radius 2 is 2.02 bits per heavy atom. The maximum Gasteiger partial charge on any atom is 0.406 e. The summed E-state index contributed by atoms with van der Waals surface area (Å²) in [6.07, 6.45) is -3.76. The number of amides is 1. The van der Waals surface area contributed by atoms with E-state index in [1.54, 1.807) is 18.2 Å². The minimum atomic E-state index is -4.53. The maximum absolute atomic E-state index is 14.7. The molecular formula is C27H32F4N8O2. The molecule has 1 aliphatic heterocycles. The predicted octanol–water partition coefficient (Wildman–Crippen LogP) is 4.66. The Hall–Kier alpha value is -3.94. The van der Waals surface area contributed by atoms with E-state index < -0.39 is 30.8 Å². The zero-order chi connectivity index (χ0) is 29.5. The molecule has 4 aromatic rings. The van der Waals surface area contributed by atoms with Gasteiger partial charge in [0.15, 0.2) is 0 Å². The van der Waals surface area contributed by atoms with Gasteiger partial charge in [0.1, 0.15) is 12.7 Å². The number of carbonyl (C=O) groups is 1. The number of aromatic amines is 1. The molecule has 2 atom stereocenters. The van der Waals surface area contributed by atoms with E-state index >= 15 is 0 Å². The van der Waals surface area contributed by atoms with Crippen LogP contribution in [0.3, 0.4) is 0 Å². The van der Waals surface area contributed by atoms with Gasteiger partial charge in [0.05, 0.1) is 35.1 Å². The minimum absolute atomic E-state index is 0.0156. The molecule has 1 saturated heterocycles. The van der Waals surface area contributed by atoms with Crippen LogP contribution in [0.4, 0.5) is 23.2 Å². The summed E-state index contributed by atoms with van der Waals surface area (Å²) >= 11 is 0. The van der Waals surface area contributed by atoms with E-state index in [0.29, 0.717) is 41.8 Å². The van der Waals surface area contributed by atoms with Gasteiger partial charge in [-0.25, -0.2) is 4.39 Å². The van der Waals surface area contributed by atoms with Crippen LogP contribution in [0.25, 0.3) is 22.4 Å². The smallest absolute Gasteiger partial charge is 0.378 e. The van der Waals surface area contributed by atoms with Crippen LogP contribution in [0.2, 0.25) is 0 Å². The molecule has 1 amide bonds. The lowest BCUT2D eigenvalue weighted by Crippen LogP contribution is -2.47. The van der Waals surface area contributed by atoms with E-state index in [9.17, 15) is 22.4 Å². The van der Waals surface area contributed by atoms with Gasteiger partial charge < -0.3 is 24.6 Å². The highest BCUT2D eigenvalue weighted by molar-refractivity contribution is 5.96. The lowest BCUT2D eigenvalue weighted by atomic mass is 9.89.